The first kappa shape index (κ1) is 19.0. The Balaban J connectivity index is 1.41. The fourth-order valence-electron chi connectivity index (χ4n) is 4.06. The van der Waals surface area contributed by atoms with Crippen molar-refractivity contribution in [3.05, 3.63) is 36.0 Å². The summed E-state index contributed by atoms with van der Waals surface area (Å²) in [5, 5.41) is 3.83. The number of amides is 1. The second kappa shape index (κ2) is 7.60. The average Bonchev–Trinajstić information content (AvgIpc) is 2.64. The molecule has 1 aliphatic carbocycles. The van der Waals surface area contributed by atoms with Crippen LogP contribution in [0, 0.1) is 5.92 Å². The standard InChI is InChI=1S/C21H24F3N3O/c22-21(23,24)15-4-5-17-18(13-15)25-9-6-19(17)27-10-7-14(8-11-27)12-20(28)26-16-2-1-3-16/h4-6,9,13-14,16H,1-3,7-8,10-12H2,(H,26,28). The van der Waals surface area contributed by atoms with Gasteiger partial charge in [0.2, 0.25) is 5.91 Å². The summed E-state index contributed by atoms with van der Waals surface area (Å²) in [6.45, 7) is 1.59. The molecule has 0 bridgehead atoms. The maximum atomic E-state index is 13.0. The quantitative estimate of drug-likeness (QED) is 0.833. The summed E-state index contributed by atoms with van der Waals surface area (Å²) in [6, 6.07) is 5.97. The van der Waals surface area contributed by atoms with Crippen molar-refractivity contribution >= 4 is 22.5 Å². The molecule has 1 aliphatic heterocycles. The smallest absolute Gasteiger partial charge is 0.371 e. The maximum Gasteiger partial charge on any atom is 0.416 e. The SMILES string of the molecule is O=C(CC1CCN(c2ccnc3cc(C(F)(F)F)ccc23)CC1)NC1CCC1. The Hall–Kier alpha value is -2.31. The van der Waals surface area contributed by atoms with E-state index in [0.29, 0.717) is 23.9 Å². The van der Waals surface area contributed by atoms with Crippen LogP contribution in [0.5, 0.6) is 0 Å². The largest absolute Gasteiger partial charge is 0.416 e. The number of fused-ring (bicyclic) bond motifs is 1. The Morgan fingerprint density at radius 2 is 1.89 bits per heavy atom. The van der Waals surface area contributed by atoms with Gasteiger partial charge in [0.1, 0.15) is 0 Å². The topological polar surface area (TPSA) is 45.2 Å². The third-order valence-corrected chi connectivity index (χ3v) is 5.95. The van der Waals surface area contributed by atoms with Crippen LogP contribution in [0.2, 0.25) is 0 Å². The van der Waals surface area contributed by atoms with E-state index in [1.54, 1.807) is 6.20 Å². The van der Waals surface area contributed by atoms with E-state index in [0.717, 1.165) is 62.0 Å². The molecule has 0 radical (unpaired) electrons. The first-order valence-electron chi connectivity index (χ1n) is 9.90. The van der Waals surface area contributed by atoms with Crippen LogP contribution in [0.15, 0.2) is 30.5 Å². The first-order chi connectivity index (χ1) is 13.4. The zero-order valence-electron chi connectivity index (χ0n) is 15.6. The van der Waals surface area contributed by atoms with Gasteiger partial charge in [-0.1, -0.05) is 6.07 Å². The number of anilines is 1. The number of hydrogen-bond donors (Lipinski definition) is 1. The lowest BCUT2D eigenvalue weighted by Gasteiger charge is -2.34. The van der Waals surface area contributed by atoms with Gasteiger partial charge in [0.15, 0.2) is 0 Å². The van der Waals surface area contributed by atoms with Crippen LogP contribution in [0.3, 0.4) is 0 Å². The van der Waals surface area contributed by atoms with Crippen molar-refractivity contribution < 1.29 is 18.0 Å². The van der Waals surface area contributed by atoms with Crippen molar-refractivity contribution in [2.75, 3.05) is 18.0 Å². The third kappa shape index (κ3) is 4.08. The van der Waals surface area contributed by atoms with Crippen LogP contribution in [0.1, 0.15) is 44.1 Å². The number of carbonyl (C=O) groups excluding carboxylic acids is 1. The van der Waals surface area contributed by atoms with Gasteiger partial charge in [-0.15, -0.1) is 0 Å². The van der Waals surface area contributed by atoms with Crippen LogP contribution in [-0.4, -0.2) is 30.0 Å². The van der Waals surface area contributed by atoms with Gasteiger partial charge >= 0.3 is 6.18 Å². The molecule has 2 heterocycles. The number of nitrogens with zero attached hydrogens (tertiary/aromatic N) is 2. The van der Waals surface area contributed by atoms with E-state index in [-0.39, 0.29) is 5.91 Å². The highest BCUT2D eigenvalue weighted by Crippen LogP contribution is 2.35. The number of pyridine rings is 1. The minimum absolute atomic E-state index is 0.150. The molecule has 2 aromatic rings. The number of aromatic nitrogens is 1. The molecule has 2 fully saturated rings. The van der Waals surface area contributed by atoms with Crippen LogP contribution in [0.25, 0.3) is 10.9 Å². The predicted molar refractivity (Wildman–Crippen MR) is 102 cm³/mol. The third-order valence-electron chi connectivity index (χ3n) is 5.95. The molecular formula is C21H24F3N3O. The lowest BCUT2D eigenvalue weighted by atomic mass is 9.90. The fraction of sp³-hybridized carbons (Fsp3) is 0.524. The average molecular weight is 391 g/mol. The molecule has 0 spiro atoms. The fourth-order valence-corrected chi connectivity index (χ4v) is 4.06. The molecule has 1 saturated heterocycles. The van der Waals surface area contributed by atoms with Gasteiger partial charge in [0.25, 0.3) is 0 Å². The molecule has 1 aromatic heterocycles. The van der Waals surface area contributed by atoms with E-state index in [1.165, 1.54) is 12.5 Å². The molecule has 1 amide bonds. The Bertz CT molecular complexity index is 856. The van der Waals surface area contributed by atoms with E-state index in [1.807, 2.05) is 6.07 Å². The molecule has 1 saturated carbocycles. The van der Waals surface area contributed by atoms with Crippen molar-refractivity contribution in [2.24, 2.45) is 5.92 Å². The molecule has 150 valence electrons. The molecule has 0 unspecified atom stereocenters. The van der Waals surface area contributed by atoms with Crippen molar-refractivity contribution in [1.29, 1.82) is 0 Å². The Kier molecular flexibility index (Phi) is 5.17. The minimum Gasteiger partial charge on any atom is -0.371 e. The summed E-state index contributed by atoms with van der Waals surface area (Å²) in [4.78, 5) is 18.4. The van der Waals surface area contributed by atoms with Gasteiger partial charge in [-0.25, -0.2) is 0 Å². The van der Waals surface area contributed by atoms with E-state index in [4.69, 9.17) is 0 Å². The maximum absolute atomic E-state index is 13.0. The summed E-state index contributed by atoms with van der Waals surface area (Å²) in [5.41, 5.74) is 0.589. The van der Waals surface area contributed by atoms with E-state index >= 15 is 0 Å². The van der Waals surface area contributed by atoms with Crippen LogP contribution < -0.4 is 10.2 Å². The van der Waals surface area contributed by atoms with E-state index in [2.05, 4.69) is 15.2 Å². The number of rotatable bonds is 4. The van der Waals surface area contributed by atoms with Crippen molar-refractivity contribution in [3.8, 4) is 0 Å². The zero-order chi connectivity index (χ0) is 19.7. The molecule has 2 aliphatic rings. The lowest BCUT2D eigenvalue weighted by molar-refractivity contribution is -0.137. The number of hydrogen-bond acceptors (Lipinski definition) is 3. The summed E-state index contributed by atoms with van der Waals surface area (Å²) >= 11 is 0. The van der Waals surface area contributed by atoms with Gasteiger partial charge in [0.05, 0.1) is 11.1 Å². The molecule has 1 N–H and O–H groups in total. The molecular weight excluding hydrogens is 367 g/mol. The monoisotopic (exact) mass is 391 g/mol. The van der Waals surface area contributed by atoms with Crippen molar-refractivity contribution in [2.45, 2.75) is 50.7 Å². The van der Waals surface area contributed by atoms with E-state index < -0.39 is 11.7 Å². The van der Waals surface area contributed by atoms with Gasteiger partial charge in [-0.2, -0.15) is 13.2 Å². The normalized spacial score (nSPS) is 18.9. The zero-order valence-corrected chi connectivity index (χ0v) is 15.6. The summed E-state index contributed by atoms with van der Waals surface area (Å²) in [5.74, 6) is 0.512. The van der Waals surface area contributed by atoms with Crippen molar-refractivity contribution in [1.82, 2.24) is 10.3 Å². The Morgan fingerprint density at radius 1 is 1.14 bits per heavy atom. The highest BCUT2D eigenvalue weighted by Gasteiger charge is 2.31. The number of carbonyl (C=O) groups is 1. The number of alkyl halides is 3. The summed E-state index contributed by atoms with van der Waals surface area (Å²) < 4.78 is 38.9. The first-order valence-corrected chi connectivity index (χ1v) is 9.90. The summed E-state index contributed by atoms with van der Waals surface area (Å²) in [7, 11) is 0. The number of halogens is 3. The Labute approximate surface area is 162 Å². The van der Waals surface area contributed by atoms with Crippen LogP contribution in [-0.2, 0) is 11.0 Å². The predicted octanol–water partition coefficient (Wildman–Crippen LogP) is 4.53. The van der Waals surface area contributed by atoms with Gasteiger partial charge in [-0.05, 0) is 56.2 Å². The lowest BCUT2D eigenvalue weighted by Crippen LogP contribution is -2.41. The summed E-state index contributed by atoms with van der Waals surface area (Å²) in [6.07, 6.45) is 2.96. The molecule has 7 heteroatoms. The number of benzene rings is 1. The molecule has 1 aromatic carbocycles. The number of nitrogens with one attached hydrogen (secondary N) is 1. The van der Waals surface area contributed by atoms with Gasteiger partial charge < -0.3 is 10.2 Å². The van der Waals surface area contributed by atoms with Gasteiger partial charge in [-0.3, -0.25) is 9.78 Å². The Morgan fingerprint density at radius 3 is 2.54 bits per heavy atom. The second-order valence-corrected chi connectivity index (χ2v) is 7.89. The minimum atomic E-state index is -4.37. The van der Waals surface area contributed by atoms with Crippen LogP contribution in [0.4, 0.5) is 18.9 Å². The highest BCUT2D eigenvalue weighted by atomic mass is 19.4. The number of piperidine rings is 1. The highest BCUT2D eigenvalue weighted by molar-refractivity contribution is 5.92. The van der Waals surface area contributed by atoms with Crippen molar-refractivity contribution in [3.63, 3.8) is 0 Å². The van der Waals surface area contributed by atoms with Gasteiger partial charge in [0, 0.05) is 42.8 Å². The van der Waals surface area contributed by atoms with E-state index in [9.17, 15) is 18.0 Å². The molecule has 0 atom stereocenters. The molecule has 4 rings (SSSR count). The van der Waals surface area contributed by atoms with Crippen LogP contribution >= 0.6 is 0 Å². The molecule has 28 heavy (non-hydrogen) atoms. The second-order valence-electron chi connectivity index (χ2n) is 7.89. The molecule has 4 nitrogen and oxygen atoms in total.